The van der Waals surface area contributed by atoms with Gasteiger partial charge in [-0.15, -0.1) is 0 Å². The Morgan fingerprint density at radius 1 is 1.08 bits per heavy atom. The van der Waals surface area contributed by atoms with E-state index in [9.17, 15) is 22.0 Å². The normalized spacial score (nSPS) is 11.6. The standard InChI is InChI=1S/C17H19F2N3O3S/c1-22(2)9-8-20-26(24,25)14-5-3-4-12(10-14)17(23)21-13-6-7-15(18)16(19)11-13/h3-7,10-11,20H,8-9H2,1-2H3,(H,21,23). The third-order valence-electron chi connectivity index (χ3n) is 3.44. The number of nitrogens with zero attached hydrogens (tertiary/aromatic N) is 1. The zero-order valence-corrected chi connectivity index (χ0v) is 15.1. The molecule has 0 heterocycles. The Hall–Kier alpha value is -2.36. The molecule has 0 radical (unpaired) electrons. The summed E-state index contributed by atoms with van der Waals surface area (Å²) in [4.78, 5) is 14.0. The summed E-state index contributed by atoms with van der Waals surface area (Å²) in [5.74, 6) is -2.76. The van der Waals surface area contributed by atoms with Crippen molar-refractivity contribution >= 4 is 21.6 Å². The number of nitrogens with one attached hydrogen (secondary N) is 2. The minimum absolute atomic E-state index is 0.0609. The van der Waals surface area contributed by atoms with Crippen LogP contribution in [0.1, 0.15) is 10.4 Å². The van der Waals surface area contributed by atoms with Crippen LogP contribution in [0.25, 0.3) is 0 Å². The molecular formula is C17H19F2N3O3S. The Kier molecular flexibility index (Phi) is 6.41. The zero-order valence-electron chi connectivity index (χ0n) is 14.3. The van der Waals surface area contributed by atoms with Crippen LogP contribution in [-0.2, 0) is 10.0 Å². The largest absolute Gasteiger partial charge is 0.322 e. The van der Waals surface area contributed by atoms with Gasteiger partial charge in [0.05, 0.1) is 4.90 Å². The molecule has 0 saturated heterocycles. The lowest BCUT2D eigenvalue weighted by Crippen LogP contribution is -2.31. The number of likely N-dealkylation sites (N-methyl/N-ethyl adjacent to an activating group) is 1. The van der Waals surface area contributed by atoms with Gasteiger partial charge in [-0.25, -0.2) is 21.9 Å². The highest BCUT2D eigenvalue weighted by molar-refractivity contribution is 7.89. The van der Waals surface area contributed by atoms with Crippen molar-refractivity contribution < 1.29 is 22.0 Å². The first-order valence-corrected chi connectivity index (χ1v) is 9.18. The molecule has 0 atom stereocenters. The van der Waals surface area contributed by atoms with E-state index < -0.39 is 27.6 Å². The number of rotatable bonds is 7. The molecule has 0 aliphatic carbocycles. The van der Waals surface area contributed by atoms with Gasteiger partial charge in [0.1, 0.15) is 0 Å². The Labute approximate surface area is 150 Å². The predicted molar refractivity (Wildman–Crippen MR) is 94.5 cm³/mol. The first-order valence-electron chi connectivity index (χ1n) is 7.70. The molecular weight excluding hydrogens is 364 g/mol. The molecule has 2 N–H and O–H groups in total. The van der Waals surface area contributed by atoms with Crippen LogP contribution in [0.15, 0.2) is 47.4 Å². The maximum Gasteiger partial charge on any atom is 0.255 e. The van der Waals surface area contributed by atoms with Crippen molar-refractivity contribution in [2.24, 2.45) is 0 Å². The van der Waals surface area contributed by atoms with Crippen LogP contribution in [0.5, 0.6) is 0 Å². The number of anilines is 1. The van der Waals surface area contributed by atoms with Gasteiger partial charge in [0, 0.05) is 30.4 Å². The molecule has 0 unspecified atom stereocenters. The van der Waals surface area contributed by atoms with Crippen molar-refractivity contribution in [1.82, 2.24) is 9.62 Å². The molecule has 0 spiro atoms. The third kappa shape index (κ3) is 5.32. The summed E-state index contributed by atoms with van der Waals surface area (Å²) in [6.45, 7) is 0.746. The highest BCUT2D eigenvalue weighted by Crippen LogP contribution is 2.16. The second kappa shape index (κ2) is 8.35. The van der Waals surface area contributed by atoms with Crippen molar-refractivity contribution in [1.29, 1.82) is 0 Å². The molecule has 0 aromatic heterocycles. The van der Waals surface area contributed by atoms with E-state index in [1.807, 2.05) is 19.0 Å². The van der Waals surface area contributed by atoms with Gasteiger partial charge in [0.2, 0.25) is 10.0 Å². The monoisotopic (exact) mass is 383 g/mol. The lowest BCUT2D eigenvalue weighted by Gasteiger charge is -2.12. The topological polar surface area (TPSA) is 78.5 Å². The Bertz CT molecular complexity index is 902. The van der Waals surface area contributed by atoms with Crippen LogP contribution in [-0.4, -0.2) is 46.4 Å². The van der Waals surface area contributed by atoms with Crippen molar-refractivity contribution in [3.63, 3.8) is 0 Å². The summed E-state index contributed by atoms with van der Waals surface area (Å²) in [6.07, 6.45) is 0. The molecule has 2 aromatic carbocycles. The Morgan fingerprint density at radius 3 is 2.46 bits per heavy atom. The summed E-state index contributed by atoms with van der Waals surface area (Å²) in [5, 5.41) is 2.40. The second-order valence-corrected chi connectivity index (χ2v) is 7.58. The van der Waals surface area contributed by atoms with Gasteiger partial charge in [0.15, 0.2) is 11.6 Å². The fraction of sp³-hybridized carbons (Fsp3) is 0.235. The molecule has 140 valence electrons. The highest BCUT2D eigenvalue weighted by Gasteiger charge is 2.16. The number of hydrogen-bond acceptors (Lipinski definition) is 4. The smallest absolute Gasteiger partial charge is 0.255 e. The van der Waals surface area contributed by atoms with Crippen molar-refractivity contribution in [2.45, 2.75) is 4.90 Å². The number of amides is 1. The van der Waals surface area contributed by atoms with Crippen LogP contribution >= 0.6 is 0 Å². The van der Waals surface area contributed by atoms with Crippen molar-refractivity contribution in [3.05, 3.63) is 59.7 Å². The summed E-state index contributed by atoms with van der Waals surface area (Å²) in [6, 6.07) is 8.38. The van der Waals surface area contributed by atoms with E-state index in [-0.39, 0.29) is 22.7 Å². The number of halogens is 2. The van der Waals surface area contributed by atoms with Crippen LogP contribution in [0.2, 0.25) is 0 Å². The van der Waals surface area contributed by atoms with Crippen molar-refractivity contribution in [2.75, 3.05) is 32.5 Å². The number of benzene rings is 2. The lowest BCUT2D eigenvalue weighted by molar-refractivity contribution is 0.102. The van der Waals surface area contributed by atoms with E-state index in [4.69, 9.17) is 0 Å². The van der Waals surface area contributed by atoms with E-state index in [2.05, 4.69) is 10.0 Å². The van der Waals surface area contributed by atoms with E-state index >= 15 is 0 Å². The molecule has 6 nitrogen and oxygen atoms in total. The minimum Gasteiger partial charge on any atom is -0.322 e. The number of carbonyl (C=O) groups excluding carboxylic acids is 1. The number of hydrogen-bond donors (Lipinski definition) is 2. The van der Waals surface area contributed by atoms with E-state index in [0.29, 0.717) is 6.54 Å². The van der Waals surface area contributed by atoms with Crippen LogP contribution < -0.4 is 10.0 Å². The second-order valence-electron chi connectivity index (χ2n) is 5.81. The average molecular weight is 383 g/mol. The molecule has 26 heavy (non-hydrogen) atoms. The van der Waals surface area contributed by atoms with Crippen LogP contribution in [0.3, 0.4) is 0 Å². The fourth-order valence-electron chi connectivity index (χ4n) is 2.07. The predicted octanol–water partition coefficient (Wildman–Crippen LogP) is 2.06. The molecule has 1 amide bonds. The van der Waals surface area contributed by atoms with Gasteiger partial charge >= 0.3 is 0 Å². The van der Waals surface area contributed by atoms with Gasteiger partial charge in [-0.3, -0.25) is 4.79 Å². The molecule has 2 aromatic rings. The molecule has 2 rings (SSSR count). The summed E-state index contributed by atoms with van der Waals surface area (Å²) in [5.41, 5.74) is 0.136. The summed E-state index contributed by atoms with van der Waals surface area (Å²) < 4.78 is 53.1. The first kappa shape index (κ1) is 20.0. The molecule has 0 aliphatic rings. The quantitative estimate of drug-likeness (QED) is 0.767. The molecule has 0 aliphatic heterocycles. The molecule has 0 fully saturated rings. The van der Waals surface area contributed by atoms with Gasteiger partial charge in [-0.05, 0) is 44.4 Å². The van der Waals surface area contributed by atoms with E-state index in [1.165, 1.54) is 30.3 Å². The van der Waals surface area contributed by atoms with Gasteiger partial charge in [-0.1, -0.05) is 6.07 Å². The average Bonchev–Trinajstić information content (AvgIpc) is 2.58. The Balaban J connectivity index is 2.14. The summed E-state index contributed by atoms with van der Waals surface area (Å²) in [7, 11) is -0.129. The van der Waals surface area contributed by atoms with Crippen LogP contribution in [0.4, 0.5) is 14.5 Å². The zero-order chi connectivity index (χ0) is 19.3. The lowest BCUT2D eigenvalue weighted by atomic mass is 10.2. The van der Waals surface area contributed by atoms with E-state index in [1.54, 1.807) is 0 Å². The van der Waals surface area contributed by atoms with E-state index in [0.717, 1.165) is 12.1 Å². The summed E-state index contributed by atoms with van der Waals surface area (Å²) >= 11 is 0. The SMILES string of the molecule is CN(C)CCNS(=O)(=O)c1cccc(C(=O)Nc2ccc(F)c(F)c2)c1. The highest BCUT2D eigenvalue weighted by atomic mass is 32.2. The maximum atomic E-state index is 13.2. The molecule has 9 heteroatoms. The Morgan fingerprint density at radius 2 is 1.81 bits per heavy atom. The molecule has 0 bridgehead atoms. The maximum absolute atomic E-state index is 13.2. The van der Waals surface area contributed by atoms with Gasteiger partial charge in [-0.2, -0.15) is 0 Å². The van der Waals surface area contributed by atoms with Gasteiger partial charge in [0.25, 0.3) is 5.91 Å². The number of carbonyl (C=O) groups is 1. The van der Waals surface area contributed by atoms with Gasteiger partial charge < -0.3 is 10.2 Å². The third-order valence-corrected chi connectivity index (χ3v) is 4.89. The minimum atomic E-state index is -3.76. The van der Waals surface area contributed by atoms with Crippen LogP contribution in [0, 0.1) is 11.6 Å². The van der Waals surface area contributed by atoms with Crippen molar-refractivity contribution in [3.8, 4) is 0 Å². The first-order chi connectivity index (χ1) is 12.2. The number of sulfonamides is 1. The molecule has 0 saturated carbocycles. The fourth-order valence-corrected chi connectivity index (χ4v) is 3.14.